The zero-order valence-electron chi connectivity index (χ0n) is 8.85. The van der Waals surface area contributed by atoms with Gasteiger partial charge in [0, 0.05) is 12.1 Å². The van der Waals surface area contributed by atoms with Gasteiger partial charge in [0.15, 0.2) is 0 Å². The van der Waals surface area contributed by atoms with Crippen molar-refractivity contribution in [3.05, 3.63) is 0 Å². The van der Waals surface area contributed by atoms with Crippen LogP contribution in [0.5, 0.6) is 0 Å². The molecule has 0 radical (unpaired) electrons. The monoisotopic (exact) mass is 180 g/mol. The van der Waals surface area contributed by atoms with Crippen LogP contribution in [-0.2, 0) is 0 Å². The Hall–Kier alpha value is -0.520. The van der Waals surface area contributed by atoms with Gasteiger partial charge in [-0.15, -0.1) is 6.42 Å². The Morgan fingerprint density at radius 1 is 1.69 bits per heavy atom. The number of nitrogens with two attached hydrogens (primary N) is 1. The summed E-state index contributed by atoms with van der Waals surface area (Å²) >= 11 is 0. The average Bonchev–Trinajstić information content (AvgIpc) is 2.84. The molecule has 0 aromatic rings. The lowest BCUT2D eigenvalue weighted by atomic mass is 9.83. The molecule has 2 atom stereocenters. The minimum absolute atomic E-state index is 0.00120. The second-order valence-electron chi connectivity index (χ2n) is 4.63. The summed E-state index contributed by atoms with van der Waals surface area (Å²) in [5.74, 6) is 2.69. The van der Waals surface area contributed by atoms with Crippen LogP contribution >= 0.6 is 0 Å². The summed E-state index contributed by atoms with van der Waals surface area (Å²) in [6.45, 7) is 7.10. The number of nitrogens with one attached hydrogen (secondary N) is 1. The maximum absolute atomic E-state index is 5.81. The van der Waals surface area contributed by atoms with Crippen LogP contribution in [0.4, 0.5) is 0 Å². The van der Waals surface area contributed by atoms with Crippen LogP contribution in [-0.4, -0.2) is 18.1 Å². The second kappa shape index (κ2) is 3.32. The van der Waals surface area contributed by atoms with Crippen molar-refractivity contribution in [2.24, 2.45) is 11.1 Å². The molecule has 2 nitrogen and oxygen atoms in total. The summed E-state index contributed by atoms with van der Waals surface area (Å²) in [6.07, 6.45) is 7.85. The molecule has 0 saturated heterocycles. The van der Waals surface area contributed by atoms with E-state index in [4.69, 9.17) is 12.2 Å². The molecule has 0 aromatic heterocycles. The molecule has 1 aliphatic rings. The highest BCUT2D eigenvalue weighted by molar-refractivity contribution is 5.11. The van der Waals surface area contributed by atoms with E-state index in [2.05, 4.69) is 25.1 Å². The topological polar surface area (TPSA) is 38.0 Å². The number of hydrogen-bond donors (Lipinski definition) is 2. The molecule has 3 N–H and O–H groups in total. The van der Waals surface area contributed by atoms with Gasteiger partial charge >= 0.3 is 0 Å². The normalized spacial score (nSPS) is 25.8. The first-order valence-corrected chi connectivity index (χ1v) is 4.91. The predicted molar refractivity (Wildman–Crippen MR) is 56.2 cm³/mol. The van der Waals surface area contributed by atoms with Gasteiger partial charge in [-0.2, -0.15) is 0 Å². The van der Waals surface area contributed by atoms with Crippen molar-refractivity contribution in [2.45, 2.75) is 45.2 Å². The first-order valence-electron chi connectivity index (χ1n) is 4.91. The summed E-state index contributed by atoms with van der Waals surface area (Å²) in [4.78, 5) is 0. The zero-order valence-corrected chi connectivity index (χ0v) is 8.85. The fraction of sp³-hybridized carbons (Fsp3) is 0.818. The molecule has 13 heavy (non-hydrogen) atoms. The van der Waals surface area contributed by atoms with E-state index in [0.717, 1.165) is 0 Å². The molecule has 0 aliphatic heterocycles. The third-order valence-electron chi connectivity index (χ3n) is 3.53. The summed E-state index contributed by atoms with van der Waals surface area (Å²) in [6, 6.07) is 0.103. The lowest BCUT2D eigenvalue weighted by molar-refractivity contribution is 0.224. The van der Waals surface area contributed by atoms with Gasteiger partial charge in [0.25, 0.3) is 0 Å². The quantitative estimate of drug-likeness (QED) is 0.636. The smallest absolute Gasteiger partial charge is 0.0663 e. The van der Waals surface area contributed by atoms with Gasteiger partial charge in [-0.1, -0.05) is 12.8 Å². The first-order chi connectivity index (χ1) is 5.97. The van der Waals surface area contributed by atoms with Crippen molar-refractivity contribution in [1.29, 1.82) is 0 Å². The highest BCUT2D eigenvalue weighted by Gasteiger charge is 2.52. The number of hydrogen-bond acceptors (Lipinski definition) is 2. The Bertz CT molecular complexity index is 225. The van der Waals surface area contributed by atoms with Gasteiger partial charge in [-0.25, -0.2) is 0 Å². The molecular weight excluding hydrogens is 160 g/mol. The molecule has 0 amide bonds. The molecule has 0 spiro atoms. The van der Waals surface area contributed by atoms with Crippen molar-refractivity contribution in [1.82, 2.24) is 5.32 Å². The summed E-state index contributed by atoms with van der Waals surface area (Å²) in [7, 11) is 0. The van der Waals surface area contributed by atoms with Gasteiger partial charge in [0.05, 0.1) is 6.04 Å². The van der Waals surface area contributed by atoms with Crippen molar-refractivity contribution in [3.8, 4) is 12.3 Å². The predicted octanol–water partition coefficient (Wildman–Crippen LogP) is 1.12. The van der Waals surface area contributed by atoms with Crippen LogP contribution in [0.15, 0.2) is 0 Å². The molecule has 1 fully saturated rings. The lowest BCUT2D eigenvalue weighted by Gasteiger charge is -2.37. The van der Waals surface area contributed by atoms with Crippen LogP contribution in [0.1, 0.15) is 33.6 Å². The molecule has 1 rings (SSSR count). The molecule has 2 unspecified atom stereocenters. The van der Waals surface area contributed by atoms with Gasteiger partial charge in [-0.05, 0) is 32.1 Å². The Labute approximate surface area is 81.3 Å². The summed E-state index contributed by atoms with van der Waals surface area (Å²) < 4.78 is 0. The van der Waals surface area contributed by atoms with Gasteiger partial charge in [0.2, 0.25) is 0 Å². The van der Waals surface area contributed by atoms with Crippen LogP contribution < -0.4 is 11.1 Å². The van der Waals surface area contributed by atoms with E-state index < -0.39 is 0 Å². The zero-order chi connectivity index (χ0) is 10.1. The molecule has 2 heteroatoms. The summed E-state index contributed by atoms with van der Waals surface area (Å²) in [5, 5.41) is 3.43. The largest absolute Gasteiger partial charge is 0.329 e. The van der Waals surface area contributed by atoms with Crippen molar-refractivity contribution in [3.63, 3.8) is 0 Å². The maximum Gasteiger partial charge on any atom is 0.0663 e. The van der Waals surface area contributed by atoms with E-state index in [-0.39, 0.29) is 11.6 Å². The van der Waals surface area contributed by atoms with Crippen LogP contribution in [0.2, 0.25) is 0 Å². The Morgan fingerprint density at radius 3 is 2.54 bits per heavy atom. The minimum atomic E-state index is -0.00120. The molecule has 0 aromatic carbocycles. The van der Waals surface area contributed by atoms with Gasteiger partial charge < -0.3 is 5.73 Å². The van der Waals surface area contributed by atoms with Crippen molar-refractivity contribution in [2.75, 3.05) is 6.54 Å². The lowest BCUT2D eigenvalue weighted by Crippen LogP contribution is -2.57. The molecule has 1 aliphatic carbocycles. The standard InChI is InChI=1S/C11H20N2/c1-5-9(2)13-11(4,8-12)10(3)6-7-10/h1,9,13H,6-8,12H2,2-4H3. The Kier molecular flexibility index (Phi) is 2.70. The summed E-state index contributed by atoms with van der Waals surface area (Å²) in [5.41, 5.74) is 6.16. The van der Waals surface area contributed by atoms with E-state index in [1.165, 1.54) is 12.8 Å². The van der Waals surface area contributed by atoms with Gasteiger partial charge in [-0.3, -0.25) is 5.32 Å². The van der Waals surface area contributed by atoms with E-state index in [9.17, 15) is 0 Å². The van der Waals surface area contributed by atoms with Crippen LogP contribution in [0.3, 0.4) is 0 Å². The maximum atomic E-state index is 5.81. The highest BCUT2D eigenvalue weighted by Crippen LogP contribution is 2.53. The Balaban J connectivity index is 2.66. The number of terminal acetylenes is 1. The van der Waals surface area contributed by atoms with Crippen molar-refractivity contribution < 1.29 is 0 Å². The average molecular weight is 180 g/mol. The SMILES string of the molecule is C#CC(C)NC(C)(CN)C1(C)CC1. The van der Waals surface area contributed by atoms with Crippen molar-refractivity contribution >= 4 is 0 Å². The van der Waals surface area contributed by atoms with E-state index in [1.807, 2.05) is 6.92 Å². The van der Waals surface area contributed by atoms with E-state index in [0.29, 0.717) is 12.0 Å². The van der Waals surface area contributed by atoms with E-state index in [1.54, 1.807) is 0 Å². The fourth-order valence-electron chi connectivity index (χ4n) is 1.74. The fourth-order valence-corrected chi connectivity index (χ4v) is 1.74. The van der Waals surface area contributed by atoms with E-state index >= 15 is 0 Å². The molecule has 0 bridgehead atoms. The van der Waals surface area contributed by atoms with Crippen LogP contribution in [0.25, 0.3) is 0 Å². The third-order valence-corrected chi connectivity index (χ3v) is 3.53. The third kappa shape index (κ3) is 1.87. The molecular formula is C11H20N2. The first kappa shape index (κ1) is 10.6. The Morgan fingerprint density at radius 2 is 2.23 bits per heavy atom. The molecule has 0 heterocycles. The molecule has 74 valence electrons. The van der Waals surface area contributed by atoms with Crippen LogP contribution in [0, 0.1) is 17.8 Å². The second-order valence-corrected chi connectivity index (χ2v) is 4.63. The molecule has 1 saturated carbocycles. The van der Waals surface area contributed by atoms with Gasteiger partial charge in [0.1, 0.15) is 0 Å². The number of rotatable bonds is 4. The highest BCUT2D eigenvalue weighted by atomic mass is 15.0. The minimum Gasteiger partial charge on any atom is -0.329 e.